The van der Waals surface area contributed by atoms with E-state index in [-0.39, 0.29) is 23.4 Å². The van der Waals surface area contributed by atoms with E-state index in [1.54, 1.807) is 0 Å². The van der Waals surface area contributed by atoms with E-state index in [1.807, 2.05) is 13.8 Å². The van der Waals surface area contributed by atoms with E-state index in [1.165, 1.54) is 20.2 Å². The molecule has 1 heterocycles. The zero-order valence-corrected chi connectivity index (χ0v) is 9.80. The molecule has 1 rings (SSSR count). The van der Waals surface area contributed by atoms with Crippen molar-refractivity contribution in [2.45, 2.75) is 19.8 Å². The number of nitrogens with one attached hydrogen (secondary N) is 1. The maximum atomic E-state index is 13.8. The molecule has 0 radical (unpaired) electrons. The van der Waals surface area contributed by atoms with E-state index in [2.05, 4.69) is 10.3 Å². The Morgan fingerprint density at radius 1 is 1.56 bits per heavy atom. The molecule has 0 fully saturated rings. The van der Waals surface area contributed by atoms with E-state index in [4.69, 9.17) is 4.74 Å². The highest BCUT2D eigenvalue weighted by Crippen LogP contribution is 2.25. The molecule has 0 unspecified atom stereocenters. The van der Waals surface area contributed by atoms with Crippen molar-refractivity contribution < 1.29 is 13.9 Å². The van der Waals surface area contributed by atoms with Crippen LogP contribution in [0.5, 0.6) is 5.88 Å². The molecular weight excluding hydrogens is 211 g/mol. The van der Waals surface area contributed by atoms with Gasteiger partial charge < -0.3 is 10.1 Å². The van der Waals surface area contributed by atoms with Crippen molar-refractivity contribution in [1.82, 2.24) is 10.3 Å². The predicted octanol–water partition coefficient (Wildman–Crippen LogP) is 1.71. The minimum absolute atomic E-state index is 0.0414. The number of halogens is 1. The van der Waals surface area contributed by atoms with Crippen LogP contribution >= 0.6 is 0 Å². The van der Waals surface area contributed by atoms with Gasteiger partial charge in [0.1, 0.15) is 5.69 Å². The SMILES string of the molecule is CNC(=O)c1cc(C(C)C)c(F)c(OC)n1. The van der Waals surface area contributed by atoms with Crippen molar-refractivity contribution in [3.63, 3.8) is 0 Å². The van der Waals surface area contributed by atoms with Gasteiger partial charge in [-0.2, -0.15) is 0 Å². The zero-order valence-electron chi connectivity index (χ0n) is 9.80. The maximum Gasteiger partial charge on any atom is 0.269 e. The highest BCUT2D eigenvalue weighted by Gasteiger charge is 2.18. The number of hydrogen-bond donors (Lipinski definition) is 1. The largest absolute Gasteiger partial charge is 0.479 e. The summed E-state index contributed by atoms with van der Waals surface area (Å²) in [5.74, 6) is -1.06. The Bertz CT molecular complexity index is 405. The normalized spacial score (nSPS) is 10.4. The van der Waals surface area contributed by atoms with E-state index in [9.17, 15) is 9.18 Å². The van der Waals surface area contributed by atoms with Gasteiger partial charge in [0.25, 0.3) is 11.8 Å². The second-order valence-corrected chi connectivity index (χ2v) is 3.65. The Hall–Kier alpha value is -1.65. The van der Waals surface area contributed by atoms with Crippen LogP contribution in [0.2, 0.25) is 0 Å². The first-order valence-corrected chi connectivity index (χ1v) is 4.97. The summed E-state index contributed by atoms with van der Waals surface area (Å²) in [7, 11) is 2.82. The highest BCUT2D eigenvalue weighted by molar-refractivity contribution is 5.92. The molecule has 0 aliphatic heterocycles. The summed E-state index contributed by atoms with van der Waals surface area (Å²) >= 11 is 0. The minimum Gasteiger partial charge on any atom is -0.479 e. The molecule has 0 atom stereocenters. The molecular formula is C11H15FN2O2. The summed E-state index contributed by atoms with van der Waals surface area (Å²) in [6.45, 7) is 3.68. The first kappa shape index (κ1) is 12.4. The van der Waals surface area contributed by atoms with Crippen LogP contribution in [-0.4, -0.2) is 25.0 Å². The zero-order chi connectivity index (χ0) is 12.3. The molecule has 5 heteroatoms. The Balaban J connectivity index is 3.34. The van der Waals surface area contributed by atoms with E-state index in [0.29, 0.717) is 5.56 Å². The number of rotatable bonds is 3. The molecule has 1 amide bonds. The molecule has 1 aromatic heterocycles. The standard InChI is InChI=1S/C11H15FN2O2/c1-6(2)7-5-8(10(15)13-3)14-11(16-4)9(7)12/h5-6H,1-4H3,(H,13,15). The summed E-state index contributed by atoms with van der Waals surface area (Å²) in [6, 6.07) is 1.45. The molecule has 4 nitrogen and oxygen atoms in total. The molecule has 16 heavy (non-hydrogen) atoms. The van der Waals surface area contributed by atoms with E-state index in [0.717, 1.165) is 0 Å². The lowest BCUT2D eigenvalue weighted by atomic mass is 10.0. The Kier molecular flexibility index (Phi) is 3.82. The van der Waals surface area contributed by atoms with Crippen LogP contribution in [0, 0.1) is 5.82 Å². The molecule has 0 aliphatic rings. The minimum atomic E-state index is -0.509. The van der Waals surface area contributed by atoms with Crippen molar-refractivity contribution in [3.8, 4) is 5.88 Å². The lowest BCUT2D eigenvalue weighted by Crippen LogP contribution is -2.20. The molecule has 1 aromatic rings. The summed E-state index contributed by atoms with van der Waals surface area (Å²) < 4.78 is 18.6. The number of ether oxygens (including phenoxy) is 1. The lowest BCUT2D eigenvalue weighted by Gasteiger charge is -2.11. The van der Waals surface area contributed by atoms with Crippen molar-refractivity contribution in [3.05, 3.63) is 23.1 Å². The molecule has 0 aromatic carbocycles. The Morgan fingerprint density at radius 3 is 2.62 bits per heavy atom. The fraction of sp³-hybridized carbons (Fsp3) is 0.455. The third kappa shape index (κ3) is 2.29. The topological polar surface area (TPSA) is 51.2 Å². The summed E-state index contributed by atoms with van der Waals surface area (Å²) in [5, 5.41) is 2.44. The molecule has 0 bridgehead atoms. The predicted molar refractivity (Wildman–Crippen MR) is 58.2 cm³/mol. The second-order valence-electron chi connectivity index (χ2n) is 3.65. The Morgan fingerprint density at radius 2 is 2.19 bits per heavy atom. The van der Waals surface area contributed by atoms with E-state index < -0.39 is 5.82 Å². The molecule has 0 saturated carbocycles. The van der Waals surface area contributed by atoms with Gasteiger partial charge in [-0.1, -0.05) is 13.8 Å². The first-order chi connectivity index (χ1) is 7.51. The third-order valence-corrected chi connectivity index (χ3v) is 2.23. The van der Waals surface area contributed by atoms with E-state index >= 15 is 0 Å². The number of methoxy groups -OCH3 is 1. The first-order valence-electron chi connectivity index (χ1n) is 4.97. The van der Waals surface area contributed by atoms with Gasteiger partial charge in [0, 0.05) is 7.05 Å². The quantitative estimate of drug-likeness (QED) is 0.853. The van der Waals surface area contributed by atoms with Crippen LogP contribution < -0.4 is 10.1 Å². The van der Waals surface area contributed by atoms with Gasteiger partial charge in [-0.05, 0) is 17.5 Å². The third-order valence-electron chi connectivity index (χ3n) is 2.23. The van der Waals surface area contributed by atoms with Crippen LogP contribution in [0.1, 0.15) is 35.8 Å². The fourth-order valence-electron chi connectivity index (χ4n) is 1.32. The van der Waals surface area contributed by atoms with Crippen molar-refractivity contribution in [2.75, 3.05) is 14.2 Å². The van der Waals surface area contributed by atoms with Gasteiger partial charge in [-0.3, -0.25) is 4.79 Å². The summed E-state index contributed by atoms with van der Waals surface area (Å²) in [6.07, 6.45) is 0. The molecule has 0 saturated heterocycles. The van der Waals surface area contributed by atoms with Crippen molar-refractivity contribution in [1.29, 1.82) is 0 Å². The smallest absolute Gasteiger partial charge is 0.269 e. The number of aromatic nitrogens is 1. The van der Waals surface area contributed by atoms with Crippen LogP contribution in [0.15, 0.2) is 6.07 Å². The van der Waals surface area contributed by atoms with Gasteiger partial charge in [-0.25, -0.2) is 9.37 Å². The van der Waals surface area contributed by atoms with Crippen LogP contribution in [0.25, 0.3) is 0 Å². The lowest BCUT2D eigenvalue weighted by molar-refractivity contribution is 0.0957. The summed E-state index contributed by atoms with van der Waals surface area (Å²) in [5.41, 5.74) is 0.579. The van der Waals surface area contributed by atoms with Gasteiger partial charge >= 0.3 is 0 Å². The highest BCUT2D eigenvalue weighted by atomic mass is 19.1. The number of amides is 1. The van der Waals surface area contributed by atoms with Crippen LogP contribution in [-0.2, 0) is 0 Å². The monoisotopic (exact) mass is 226 g/mol. The van der Waals surface area contributed by atoms with Gasteiger partial charge in [0.05, 0.1) is 7.11 Å². The summed E-state index contributed by atoms with van der Waals surface area (Å²) in [4.78, 5) is 15.2. The Labute approximate surface area is 93.8 Å². The maximum absolute atomic E-state index is 13.8. The molecule has 1 N–H and O–H groups in total. The van der Waals surface area contributed by atoms with Gasteiger partial charge in [-0.15, -0.1) is 0 Å². The number of pyridine rings is 1. The average molecular weight is 226 g/mol. The van der Waals surface area contributed by atoms with Gasteiger partial charge in [0.15, 0.2) is 5.82 Å². The van der Waals surface area contributed by atoms with Crippen molar-refractivity contribution in [2.24, 2.45) is 0 Å². The van der Waals surface area contributed by atoms with Gasteiger partial charge in [0.2, 0.25) is 0 Å². The number of carbonyl (C=O) groups excluding carboxylic acids is 1. The average Bonchev–Trinajstić information content (AvgIpc) is 2.27. The van der Waals surface area contributed by atoms with Crippen LogP contribution in [0.3, 0.4) is 0 Å². The number of hydrogen-bond acceptors (Lipinski definition) is 3. The second kappa shape index (κ2) is 4.92. The van der Waals surface area contributed by atoms with Crippen molar-refractivity contribution >= 4 is 5.91 Å². The van der Waals surface area contributed by atoms with Crippen LogP contribution in [0.4, 0.5) is 4.39 Å². The number of carbonyl (C=O) groups is 1. The molecule has 0 aliphatic carbocycles. The number of nitrogens with zero attached hydrogens (tertiary/aromatic N) is 1. The fourth-order valence-corrected chi connectivity index (χ4v) is 1.32. The molecule has 88 valence electrons. The molecule has 0 spiro atoms.